The molecule has 2 aromatic heterocycles. The number of nitro groups is 1. The van der Waals surface area contributed by atoms with E-state index in [1.807, 2.05) is 6.92 Å². The molecule has 0 spiro atoms. The summed E-state index contributed by atoms with van der Waals surface area (Å²) in [7, 11) is 1.36. The van der Waals surface area contributed by atoms with Gasteiger partial charge < -0.3 is 15.2 Å². The van der Waals surface area contributed by atoms with Crippen LogP contribution < -0.4 is 15.6 Å². The van der Waals surface area contributed by atoms with E-state index in [9.17, 15) is 29.6 Å². The zero-order valence-electron chi connectivity index (χ0n) is 16.6. The highest BCUT2D eigenvalue weighted by molar-refractivity contribution is 7.17. The van der Waals surface area contributed by atoms with Crippen molar-refractivity contribution in [1.82, 2.24) is 9.55 Å². The largest absolute Gasteiger partial charge is 0.496 e. The second kappa shape index (κ2) is 8.92. The number of nitro benzene ring substituents is 1. The van der Waals surface area contributed by atoms with Crippen molar-refractivity contribution in [3.63, 3.8) is 0 Å². The summed E-state index contributed by atoms with van der Waals surface area (Å²) >= 11 is 1.04. The summed E-state index contributed by atoms with van der Waals surface area (Å²) < 4.78 is 6.07. The highest BCUT2D eigenvalue weighted by atomic mass is 32.1. The molecule has 0 saturated carbocycles. The van der Waals surface area contributed by atoms with Gasteiger partial charge in [-0.15, -0.1) is 11.3 Å². The van der Waals surface area contributed by atoms with Crippen LogP contribution in [0.3, 0.4) is 0 Å². The van der Waals surface area contributed by atoms with Crippen LogP contribution in [0.2, 0.25) is 0 Å². The van der Waals surface area contributed by atoms with Gasteiger partial charge in [0.15, 0.2) is 0 Å². The monoisotopic (exact) mass is 446 g/mol. The summed E-state index contributed by atoms with van der Waals surface area (Å²) in [5.74, 6) is -1.38. The van der Waals surface area contributed by atoms with E-state index in [0.29, 0.717) is 18.7 Å². The molecule has 0 aliphatic carbocycles. The number of carboxylic acid groups (broad SMARTS) is 1. The first-order chi connectivity index (χ1) is 14.8. The third-order valence-corrected chi connectivity index (χ3v) is 5.33. The van der Waals surface area contributed by atoms with E-state index >= 15 is 0 Å². The first-order valence-corrected chi connectivity index (χ1v) is 10.0. The van der Waals surface area contributed by atoms with Gasteiger partial charge in [0.25, 0.3) is 11.2 Å². The first-order valence-electron chi connectivity index (χ1n) is 9.13. The number of carboxylic acids is 1. The number of benzene rings is 1. The number of aromatic carboxylic acids is 1. The lowest BCUT2D eigenvalue weighted by atomic mass is 10.2. The first kappa shape index (κ1) is 21.9. The number of methoxy groups -OCH3 is 1. The van der Waals surface area contributed by atoms with Crippen LogP contribution in [0.1, 0.15) is 29.5 Å². The van der Waals surface area contributed by atoms with Crippen molar-refractivity contribution in [1.29, 1.82) is 0 Å². The third kappa shape index (κ3) is 4.38. The molecule has 2 N–H and O–H groups in total. The van der Waals surface area contributed by atoms with Gasteiger partial charge in [-0.25, -0.2) is 9.78 Å². The lowest BCUT2D eigenvalue weighted by Crippen LogP contribution is -2.31. The summed E-state index contributed by atoms with van der Waals surface area (Å²) in [6.45, 7) is 1.40. The summed E-state index contributed by atoms with van der Waals surface area (Å²) in [5, 5.41) is 24.4. The van der Waals surface area contributed by atoms with Crippen LogP contribution in [0.25, 0.3) is 10.2 Å². The predicted octanol–water partition coefficient (Wildman–Crippen LogP) is 2.66. The van der Waals surface area contributed by atoms with Crippen LogP contribution in [0, 0.1) is 10.1 Å². The van der Waals surface area contributed by atoms with Crippen LogP contribution in [0.15, 0.2) is 28.4 Å². The van der Waals surface area contributed by atoms with E-state index in [1.54, 1.807) is 0 Å². The number of nitrogens with one attached hydrogen (secondary N) is 1. The molecule has 1 aromatic carbocycles. The van der Waals surface area contributed by atoms with Crippen molar-refractivity contribution >= 4 is 44.8 Å². The van der Waals surface area contributed by atoms with E-state index in [4.69, 9.17) is 4.74 Å². The topological polar surface area (TPSA) is 154 Å². The Hall–Kier alpha value is -3.80. The number of carbonyl (C=O) groups excluding carboxylic acids is 1. The molecule has 0 aliphatic heterocycles. The second-order valence-corrected chi connectivity index (χ2v) is 7.35. The van der Waals surface area contributed by atoms with Crippen molar-refractivity contribution in [2.75, 3.05) is 12.4 Å². The average Bonchev–Trinajstić information content (AvgIpc) is 3.15. The van der Waals surface area contributed by atoms with Gasteiger partial charge in [-0.05, 0) is 18.6 Å². The number of anilines is 1. The summed E-state index contributed by atoms with van der Waals surface area (Å²) in [6.07, 6.45) is 1.03. The molecule has 0 unspecified atom stereocenters. The zero-order valence-corrected chi connectivity index (χ0v) is 17.4. The fourth-order valence-electron chi connectivity index (χ4n) is 3.03. The quantitative estimate of drug-likeness (QED) is 0.395. The van der Waals surface area contributed by atoms with Gasteiger partial charge >= 0.3 is 5.97 Å². The van der Waals surface area contributed by atoms with E-state index in [1.165, 1.54) is 30.7 Å². The van der Waals surface area contributed by atoms with Gasteiger partial charge in [-0.3, -0.25) is 24.3 Å². The molecular weight excluding hydrogens is 428 g/mol. The second-order valence-electron chi connectivity index (χ2n) is 6.49. The van der Waals surface area contributed by atoms with Gasteiger partial charge in [0, 0.05) is 11.8 Å². The fraction of sp³-hybridized carbons (Fsp3) is 0.263. The molecule has 31 heavy (non-hydrogen) atoms. The van der Waals surface area contributed by atoms with Crippen molar-refractivity contribution in [3.05, 3.63) is 55.4 Å². The maximum absolute atomic E-state index is 13.0. The Labute approximate surface area is 179 Å². The lowest BCUT2D eigenvalue weighted by molar-refractivity contribution is -0.384. The number of rotatable bonds is 8. The van der Waals surface area contributed by atoms with Gasteiger partial charge in [0.1, 0.15) is 28.6 Å². The Balaban J connectivity index is 2.00. The van der Waals surface area contributed by atoms with Gasteiger partial charge in [0.2, 0.25) is 5.91 Å². The van der Waals surface area contributed by atoms with Crippen molar-refractivity contribution in [2.45, 2.75) is 26.3 Å². The normalized spacial score (nSPS) is 10.8. The summed E-state index contributed by atoms with van der Waals surface area (Å²) in [6, 6.07) is 3.95. The highest BCUT2D eigenvalue weighted by Gasteiger charge is 2.22. The molecule has 11 nitrogen and oxygen atoms in total. The number of aryl methyl sites for hydroxylation is 1. The van der Waals surface area contributed by atoms with Crippen LogP contribution in [0.4, 0.5) is 11.4 Å². The van der Waals surface area contributed by atoms with Crippen LogP contribution in [-0.4, -0.2) is 38.6 Å². The smallest absolute Gasteiger partial charge is 0.337 e. The van der Waals surface area contributed by atoms with Crippen LogP contribution in [0.5, 0.6) is 5.75 Å². The number of hydrogen-bond acceptors (Lipinski definition) is 8. The molecule has 0 radical (unpaired) electrons. The van der Waals surface area contributed by atoms with Crippen molar-refractivity contribution in [3.8, 4) is 5.75 Å². The van der Waals surface area contributed by atoms with Crippen molar-refractivity contribution < 1.29 is 24.4 Å². The number of carbonyl (C=O) groups is 2. The molecule has 162 valence electrons. The minimum atomic E-state index is -1.27. The lowest BCUT2D eigenvalue weighted by Gasteiger charge is -2.13. The van der Waals surface area contributed by atoms with Crippen LogP contribution in [-0.2, 0) is 17.8 Å². The molecule has 0 aliphatic rings. The Kier molecular flexibility index (Phi) is 6.30. The molecule has 1 amide bonds. The number of hydrogen-bond donors (Lipinski definition) is 2. The van der Waals surface area contributed by atoms with Gasteiger partial charge in [0.05, 0.1) is 29.0 Å². The molecule has 0 fully saturated rings. The van der Waals surface area contributed by atoms with E-state index in [2.05, 4.69) is 10.3 Å². The van der Waals surface area contributed by atoms with E-state index in [-0.39, 0.29) is 32.9 Å². The number of amides is 1. The third-order valence-electron chi connectivity index (χ3n) is 4.45. The Morgan fingerprint density at radius 2 is 2.13 bits per heavy atom. The molecule has 2 heterocycles. The molecule has 0 bridgehead atoms. The molecule has 0 saturated heterocycles. The highest BCUT2D eigenvalue weighted by Crippen LogP contribution is 2.29. The minimum absolute atomic E-state index is 0.0586. The Morgan fingerprint density at radius 3 is 2.74 bits per heavy atom. The van der Waals surface area contributed by atoms with Gasteiger partial charge in [-0.2, -0.15) is 0 Å². The number of fused-ring (bicyclic) bond motifs is 1. The average molecular weight is 446 g/mol. The maximum Gasteiger partial charge on any atom is 0.337 e. The zero-order chi connectivity index (χ0) is 22.7. The number of ether oxygens (including phenoxy) is 1. The fourth-order valence-corrected chi connectivity index (χ4v) is 3.95. The standard InChI is InChI=1S/C19H18N4O7S/c1-3-4-14-21-17-16(11(9-31-17)19(26)27)18(25)22(14)8-15(24)20-12-6-5-10(30-2)7-13(12)23(28)29/h5-7,9H,3-4,8H2,1-2H3,(H,20,24)(H,26,27). The molecule has 12 heteroatoms. The maximum atomic E-state index is 13.0. The SMILES string of the molecule is CCCc1nc2scc(C(=O)O)c2c(=O)n1CC(=O)Nc1ccc(OC)cc1[N+](=O)[O-]. The van der Waals surface area contributed by atoms with E-state index < -0.39 is 28.9 Å². The number of nitrogens with zero attached hydrogens (tertiary/aromatic N) is 3. The molecule has 3 rings (SSSR count). The van der Waals surface area contributed by atoms with Crippen LogP contribution >= 0.6 is 11.3 Å². The Bertz CT molecular complexity index is 1250. The molecular formula is C19H18N4O7S. The van der Waals surface area contributed by atoms with Gasteiger partial charge in [-0.1, -0.05) is 6.92 Å². The minimum Gasteiger partial charge on any atom is -0.496 e. The summed E-state index contributed by atoms with van der Waals surface area (Å²) in [4.78, 5) is 52.4. The van der Waals surface area contributed by atoms with Crippen molar-refractivity contribution in [2.24, 2.45) is 0 Å². The molecule has 3 aromatic rings. The predicted molar refractivity (Wildman–Crippen MR) is 113 cm³/mol. The van der Waals surface area contributed by atoms with E-state index in [0.717, 1.165) is 15.9 Å². The number of thiophene rings is 1. The molecule has 0 atom stereocenters. The summed E-state index contributed by atoms with van der Waals surface area (Å²) in [5.41, 5.74) is -1.25. The number of aromatic nitrogens is 2. The Morgan fingerprint density at radius 1 is 1.39 bits per heavy atom.